The van der Waals surface area contributed by atoms with Gasteiger partial charge in [0, 0.05) is 19.1 Å². The molecule has 0 aromatic carbocycles. The van der Waals surface area contributed by atoms with E-state index in [1.54, 1.807) is 0 Å². The molecule has 0 saturated heterocycles. The number of hydrogen-bond acceptors (Lipinski definition) is 3. The van der Waals surface area contributed by atoms with Crippen LogP contribution in [0.5, 0.6) is 0 Å². The third kappa shape index (κ3) is 4.09. The summed E-state index contributed by atoms with van der Waals surface area (Å²) in [4.78, 5) is 0. The molecule has 3 heteroatoms. The minimum Gasteiger partial charge on any atom is -0.396 e. The second-order valence-corrected chi connectivity index (χ2v) is 4.90. The predicted octanol–water partition coefficient (Wildman–Crippen LogP) is 1.68. The van der Waals surface area contributed by atoms with Gasteiger partial charge >= 0.3 is 0 Å². The Hall–Kier alpha value is -0.120. The molecule has 1 fully saturated rings. The van der Waals surface area contributed by atoms with Crippen molar-refractivity contribution in [1.29, 1.82) is 0 Å². The summed E-state index contributed by atoms with van der Waals surface area (Å²) in [6, 6.07) is 0. The van der Waals surface area contributed by atoms with Crippen LogP contribution in [0.2, 0.25) is 0 Å². The molecule has 90 valence electrons. The third-order valence-electron chi connectivity index (χ3n) is 3.37. The van der Waals surface area contributed by atoms with Crippen LogP contribution in [0.1, 0.15) is 45.4 Å². The lowest BCUT2D eigenvalue weighted by Crippen LogP contribution is -2.41. The minimum absolute atomic E-state index is 0.0973. The van der Waals surface area contributed by atoms with Gasteiger partial charge in [-0.2, -0.15) is 0 Å². The second kappa shape index (κ2) is 6.46. The normalized spacial score (nSPS) is 23.4. The number of hydrogen-bond donors (Lipinski definition) is 2. The fourth-order valence-corrected chi connectivity index (χ4v) is 2.15. The zero-order valence-corrected chi connectivity index (χ0v) is 9.87. The molecule has 0 bridgehead atoms. The summed E-state index contributed by atoms with van der Waals surface area (Å²) in [5, 5.41) is 8.97. The van der Waals surface area contributed by atoms with E-state index in [1.165, 1.54) is 25.7 Å². The summed E-state index contributed by atoms with van der Waals surface area (Å²) in [6.07, 6.45) is 7.24. The molecule has 0 heterocycles. The van der Waals surface area contributed by atoms with E-state index in [4.69, 9.17) is 15.6 Å². The lowest BCUT2D eigenvalue weighted by atomic mass is 9.94. The van der Waals surface area contributed by atoms with Gasteiger partial charge in [-0.25, -0.2) is 0 Å². The summed E-state index contributed by atoms with van der Waals surface area (Å²) in [5.41, 5.74) is 5.75. The van der Waals surface area contributed by atoms with Gasteiger partial charge in [0.2, 0.25) is 0 Å². The molecule has 0 aromatic heterocycles. The van der Waals surface area contributed by atoms with Gasteiger partial charge < -0.3 is 15.6 Å². The number of aliphatic hydroxyl groups is 1. The van der Waals surface area contributed by atoms with Crippen molar-refractivity contribution in [3.8, 4) is 0 Å². The van der Waals surface area contributed by atoms with E-state index in [9.17, 15) is 0 Å². The Balaban J connectivity index is 2.43. The Morgan fingerprint density at radius 1 is 1.27 bits per heavy atom. The molecule has 3 nitrogen and oxygen atoms in total. The number of aliphatic hydroxyl groups excluding tert-OH is 1. The lowest BCUT2D eigenvalue weighted by Gasteiger charge is -2.32. The van der Waals surface area contributed by atoms with Crippen molar-refractivity contribution < 1.29 is 9.84 Å². The Morgan fingerprint density at radius 3 is 2.33 bits per heavy atom. The number of rotatable bonds is 5. The first-order chi connectivity index (χ1) is 7.22. The van der Waals surface area contributed by atoms with Crippen LogP contribution in [-0.2, 0) is 4.74 Å². The van der Waals surface area contributed by atoms with Crippen molar-refractivity contribution in [2.45, 2.75) is 51.0 Å². The smallest absolute Gasteiger partial charge is 0.0804 e. The van der Waals surface area contributed by atoms with Crippen molar-refractivity contribution in [2.24, 2.45) is 11.7 Å². The van der Waals surface area contributed by atoms with Crippen LogP contribution in [0.3, 0.4) is 0 Å². The Morgan fingerprint density at radius 2 is 1.87 bits per heavy atom. The fourth-order valence-electron chi connectivity index (χ4n) is 2.15. The molecule has 0 radical (unpaired) electrons. The molecule has 1 saturated carbocycles. The molecule has 1 aliphatic rings. The van der Waals surface area contributed by atoms with Gasteiger partial charge in [-0.15, -0.1) is 0 Å². The fraction of sp³-hybridized carbons (Fsp3) is 1.00. The first kappa shape index (κ1) is 12.9. The van der Waals surface area contributed by atoms with Gasteiger partial charge in [0.1, 0.15) is 0 Å². The van der Waals surface area contributed by atoms with Crippen LogP contribution in [0.4, 0.5) is 0 Å². The van der Waals surface area contributed by atoms with Gasteiger partial charge in [0.25, 0.3) is 0 Å². The summed E-state index contributed by atoms with van der Waals surface area (Å²) in [7, 11) is 0. The molecule has 0 amide bonds. The average molecular weight is 215 g/mol. The van der Waals surface area contributed by atoms with Crippen LogP contribution in [0.15, 0.2) is 0 Å². The molecule has 1 rings (SSSR count). The van der Waals surface area contributed by atoms with Crippen molar-refractivity contribution in [2.75, 3.05) is 19.8 Å². The predicted molar refractivity (Wildman–Crippen MR) is 61.7 cm³/mol. The summed E-state index contributed by atoms with van der Waals surface area (Å²) >= 11 is 0. The zero-order chi connectivity index (χ0) is 11.1. The SMILES string of the molecule is CC(CO)COC1(CN)CCCCCC1. The van der Waals surface area contributed by atoms with E-state index < -0.39 is 0 Å². The Bertz CT molecular complexity index is 165. The van der Waals surface area contributed by atoms with E-state index in [0.717, 1.165) is 12.8 Å². The zero-order valence-electron chi connectivity index (χ0n) is 9.87. The number of ether oxygens (including phenoxy) is 1. The van der Waals surface area contributed by atoms with Crippen molar-refractivity contribution in [3.05, 3.63) is 0 Å². The first-order valence-corrected chi connectivity index (χ1v) is 6.17. The molecule has 15 heavy (non-hydrogen) atoms. The molecule has 1 unspecified atom stereocenters. The van der Waals surface area contributed by atoms with Crippen molar-refractivity contribution in [1.82, 2.24) is 0 Å². The average Bonchev–Trinajstić information content (AvgIpc) is 2.52. The molecular weight excluding hydrogens is 190 g/mol. The summed E-state index contributed by atoms with van der Waals surface area (Å²) < 4.78 is 5.97. The molecule has 0 aliphatic heterocycles. The summed E-state index contributed by atoms with van der Waals surface area (Å²) in [6.45, 7) is 3.44. The van der Waals surface area contributed by atoms with Gasteiger partial charge in [-0.3, -0.25) is 0 Å². The molecule has 3 N–H and O–H groups in total. The second-order valence-electron chi connectivity index (χ2n) is 4.90. The number of nitrogens with two attached hydrogens (primary N) is 1. The first-order valence-electron chi connectivity index (χ1n) is 6.17. The van der Waals surface area contributed by atoms with Crippen LogP contribution >= 0.6 is 0 Å². The van der Waals surface area contributed by atoms with Gasteiger partial charge in [-0.05, 0) is 12.8 Å². The highest BCUT2D eigenvalue weighted by Crippen LogP contribution is 2.30. The van der Waals surface area contributed by atoms with E-state index >= 15 is 0 Å². The van der Waals surface area contributed by atoms with Crippen LogP contribution < -0.4 is 5.73 Å². The molecule has 1 atom stereocenters. The minimum atomic E-state index is -0.0973. The van der Waals surface area contributed by atoms with Gasteiger partial charge in [0.15, 0.2) is 0 Å². The van der Waals surface area contributed by atoms with Crippen LogP contribution in [0.25, 0.3) is 0 Å². The highest BCUT2D eigenvalue weighted by atomic mass is 16.5. The Labute approximate surface area is 93.0 Å². The van der Waals surface area contributed by atoms with Crippen LogP contribution in [0, 0.1) is 5.92 Å². The topological polar surface area (TPSA) is 55.5 Å². The monoisotopic (exact) mass is 215 g/mol. The highest BCUT2D eigenvalue weighted by Gasteiger charge is 2.30. The van der Waals surface area contributed by atoms with E-state index in [0.29, 0.717) is 13.2 Å². The molecule has 0 spiro atoms. The molecular formula is C12H25NO2. The highest BCUT2D eigenvalue weighted by molar-refractivity contribution is 4.84. The molecule has 1 aliphatic carbocycles. The summed E-state index contributed by atoms with van der Waals surface area (Å²) in [5.74, 6) is 0.219. The van der Waals surface area contributed by atoms with Crippen molar-refractivity contribution >= 4 is 0 Å². The van der Waals surface area contributed by atoms with Gasteiger partial charge in [-0.1, -0.05) is 32.6 Å². The van der Waals surface area contributed by atoms with E-state index in [2.05, 4.69) is 0 Å². The van der Waals surface area contributed by atoms with Crippen LogP contribution in [-0.4, -0.2) is 30.5 Å². The molecule has 0 aromatic rings. The third-order valence-corrected chi connectivity index (χ3v) is 3.37. The lowest BCUT2D eigenvalue weighted by molar-refractivity contribution is -0.0675. The Kier molecular flexibility index (Phi) is 5.58. The maximum atomic E-state index is 8.97. The maximum Gasteiger partial charge on any atom is 0.0804 e. The van der Waals surface area contributed by atoms with Gasteiger partial charge in [0.05, 0.1) is 12.2 Å². The quantitative estimate of drug-likeness (QED) is 0.686. The largest absolute Gasteiger partial charge is 0.396 e. The van der Waals surface area contributed by atoms with E-state index in [-0.39, 0.29) is 18.1 Å². The maximum absolute atomic E-state index is 8.97. The standard InChI is InChI=1S/C12H25NO2/c1-11(8-14)9-15-12(10-13)6-4-2-3-5-7-12/h11,14H,2-10,13H2,1H3. The van der Waals surface area contributed by atoms with E-state index in [1.807, 2.05) is 6.92 Å². The van der Waals surface area contributed by atoms with Crippen molar-refractivity contribution in [3.63, 3.8) is 0 Å².